The van der Waals surface area contributed by atoms with E-state index in [9.17, 15) is 4.79 Å². The number of nitrogens with zero attached hydrogens (tertiary/aromatic N) is 1. The van der Waals surface area contributed by atoms with Crippen LogP contribution in [0.15, 0.2) is 24.3 Å². The lowest BCUT2D eigenvalue weighted by molar-refractivity contribution is -0.117. The van der Waals surface area contributed by atoms with E-state index in [0.717, 1.165) is 37.3 Å². The maximum atomic E-state index is 12.0. The number of hydrogen-bond donors (Lipinski definition) is 3. The van der Waals surface area contributed by atoms with Crippen molar-refractivity contribution >= 4 is 17.3 Å². The van der Waals surface area contributed by atoms with E-state index in [1.54, 1.807) is 0 Å². The van der Waals surface area contributed by atoms with Crippen LogP contribution in [0.4, 0.5) is 11.4 Å². The van der Waals surface area contributed by atoms with Crippen molar-refractivity contribution in [3.05, 3.63) is 24.3 Å². The molecular weight excluding hydrogens is 254 g/mol. The first kappa shape index (κ1) is 14.8. The van der Waals surface area contributed by atoms with Crippen molar-refractivity contribution in [1.82, 2.24) is 5.32 Å². The first-order valence-corrected chi connectivity index (χ1v) is 7.24. The molecule has 5 nitrogen and oxygen atoms in total. The molecular formula is C15H23N3O2. The van der Waals surface area contributed by atoms with Crippen molar-refractivity contribution in [2.75, 3.05) is 36.5 Å². The zero-order valence-corrected chi connectivity index (χ0v) is 11.9. The van der Waals surface area contributed by atoms with Gasteiger partial charge in [-0.15, -0.1) is 0 Å². The van der Waals surface area contributed by atoms with Crippen molar-refractivity contribution in [2.24, 2.45) is 0 Å². The number of aliphatic hydroxyl groups is 1. The maximum Gasteiger partial charge on any atom is 0.241 e. The number of benzene rings is 1. The molecule has 0 aliphatic carbocycles. The molecule has 110 valence electrons. The van der Waals surface area contributed by atoms with Gasteiger partial charge in [-0.05, 0) is 50.6 Å². The Kier molecular flexibility index (Phi) is 5.38. The lowest BCUT2D eigenvalue weighted by Crippen LogP contribution is -2.35. The Morgan fingerprint density at radius 3 is 2.75 bits per heavy atom. The van der Waals surface area contributed by atoms with Gasteiger partial charge in [0.15, 0.2) is 0 Å². The molecule has 1 aromatic carbocycles. The van der Waals surface area contributed by atoms with Gasteiger partial charge < -0.3 is 20.6 Å². The molecule has 0 saturated carbocycles. The van der Waals surface area contributed by atoms with Gasteiger partial charge in [0.25, 0.3) is 0 Å². The van der Waals surface area contributed by atoms with Gasteiger partial charge in [-0.25, -0.2) is 0 Å². The number of amides is 1. The van der Waals surface area contributed by atoms with Gasteiger partial charge in [-0.2, -0.15) is 0 Å². The first-order valence-electron chi connectivity index (χ1n) is 7.24. The second kappa shape index (κ2) is 7.26. The lowest BCUT2D eigenvalue weighted by atomic mass is 10.2. The molecule has 0 bridgehead atoms. The third-order valence-electron chi connectivity index (χ3n) is 3.63. The number of nitrogens with one attached hydrogen (secondary N) is 2. The van der Waals surface area contributed by atoms with Gasteiger partial charge in [-0.3, -0.25) is 4.79 Å². The second-order valence-electron chi connectivity index (χ2n) is 4.99. The number of aliphatic hydroxyl groups excluding tert-OH is 1. The smallest absolute Gasteiger partial charge is 0.241 e. The third-order valence-corrected chi connectivity index (χ3v) is 3.63. The summed E-state index contributed by atoms with van der Waals surface area (Å²) in [5.41, 5.74) is 1.87. The van der Waals surface area contributed by atoms with Crippen LogP contribution in [0.5, 0.6) is 0 Å². The highest BCUT2D eigenvalue weighted by atomic mass is 16.3. The molecule has 20 heavy (non-hydrogen) atoms. The van der Waals surface area contributed by atoms with Crippen LogP contribution in [0.25, 0.3) is 0 Å². The number of anilines is 2. The fourth-order valence-electron chi connectivity index (χ4n) is 2.48. The Labute approximate surface area is 120 Å². The van der Waals surface area contributed by atoms with E-state index in [4.69, 9.17) is 5.11 Å². The van der Waals surface area contributed by atoms with Crippen LogP contribution in [0, 0.1) is 0 Å². The molecule has 1 heterocycles. The lowest BCUT2D eigenvalue weighted by Gasteiger charge is -2.22. The number of rotatable bonds is 6. The molecule has 0 unspecified atom stereocenters. The second-order valence-corrected chi connectivity index (χ2v) is 4.99. The van der Waals surface area contributed by atoms with Gasteiger partial charge in [0.05, 0.1) is 12.6 Å². The fraction of sp³-hybridized carbons (Fsp3) is 0.533. The van der Waals surface area contributed by atoms with E-state index in [1.807, 2.05) is 24.3 Å². The fourth-order valence-corrected chi connectivity index (χ4v) is 2.48. The Bertz CT molecular complexity index is 427. The van der Waals surface area contributed by atoms with E-state index in [2.05, 4.69) is 22.5 Å². The van der Waals surface area contributed by atoms with Crippen LogP contribution in [0.2, 0.25) is 0 Å². The average molecular weight is 277 g/mol. The van der Waals surface area contributed by atoms with Crippen molar-refractivity contribution in [3.63, 3.8) is 0 Å². The van der Waals surface area contributed by atoms with Gasteiger partial charge in [0.2, 0.25) is 5.91 Å². The van der Waals surface area contributed by atoms with Crippen LogP contribution in [-0.2, 0) is 4.79 Å². The summed E-state index contributed by atoms with van der Waals surface area (Å²) in [5.74, 6) is 0.0398. The van der Waals surface area contributed by atoms with E-state index < -0.39 is 0 Å². The van der Waals surface area contributed by atoms with Crippen LogP contribution in [0.1, 0.15) is 19.8 Å². The quantitative estimate of drug-likeness (QED) is 0.731. The zero-order chi connectivity index (χ0) is 14.4. The highest BCUT2D eigenvalue weighted by molar-refractivity contribution is 5.95. The molecule has 3 N–H and O–H groups in total. The summed E-state index contributed by atoms with van der Waals surface area (Å²) in [6.45, 7) is 4.58. The summed E-state index contributed by atoms with van der Waals surface area (Å²) in [7, 11) is 0. The Balaban J connectivity index is 1.95. The van der Waals surface area contributed by atoms with E-state index in [0.29, 0.717) is 6.54 Å². The number of carbonyl (C=O) groups excluding carboxylic acids is 1. The molecule has 1 saturated heterocycles. The minimum Gasteiger partial charge on any atom is -0.395 e. The highest BCUT2D eigenvalue weighted by Gasteiger charge is 2.21. The molecule has 1 aliphatic heterocycles. The summed E-state index contributed by atoms with van der Waals surface area (Å²) in [4.78, 5) is 14.1. The largest absolute Gasteiger partial charge is 0.395 e. The molecule has 0 spiro atoms. The predicted molar refractivity (Wildman–Crippen MR) is 81.1 cm³/mol. The van der Waals surface area contributed by atoms with E-state index >= 15 is 0 Å². The summed E-state index contributed by atoms with van der Waals surface area (Å²) in [6.07, 6.45) is 1.97. The summed E-state index contributed by atoms with van der Waals surface area (Å²) >= 11 is 0. The van der Waals surface area contributed by atoms with Crippen molar-refractivity contribution < 1.29 is 9.90 Å². The molecule has 1 aliphatic rings. The van der Waals surface area contributed by atoms with Crippen molar-refractivity contribution in [1.29, 1.82) is 0 Å². The SMILES string of the molecule is CCN(CCO)c1ccc(NC(=O)[C@H]2CCCN2)cc1. The standard InChI is InChI=1S/C15H23N3O2/c1-2-18(10-11-19)13-7-5-12(6-8-13)17-15(20)14-4-3-9-16-14/h5-8,14,16,19H,2-4,9-11H2,1H3,(H,17,20)/t14-/m1/s1. The summed E-state index contributed by atoms with van der Waals surface area (Å²) in [6, 6.07) is 7.69. The van der Waals surface area contributed by atoms with Gasteiger partial charge in [0, 0.05) is 24.5 Å². The van der Waals surface area contributed by atoms with E-state index in [-0.39, 0.29) is 18.6 Å². The van der Waals surface area contributed by atoms with Crippen molar-refractivity contribution in [2.45, 2.75) is 25.8 Å². The third kappa shape index (κ3) is 3.71. The van der Waals surface area contributed by atoms with Crippen LogP contribution in [-0.4, -0.2) is 43.3 Å². The molecule has 0 radical (unpaired) electrons. The van der Waals surface area contributed by atoms with Gasteiger partial charge in [0.1, 0.15) is 0 Å². The summed E-state index contributed by atoms with van der Waals surface area (Å²) < 4.78 is 0. The van der Waals surface area contributed by atoms with Gasteiger partial charge in [-0.1, -0.05) is 0 Å². The topological polar surface area (TPSA) is 64.6 Å². The first-order chi connectivity index (χ1) is 9.74. The monoisotopic (exact) mass is 277 g/mol. The molecule has 1 atom stereocenters. The predicted octanol–water partition coefficient (Wildman–Crippen LogP) is 1.20. The molecule has 5 heteroatoms. The molecule has 1 aromatic rings. The molecule has 1 amide bonds. The Morgan fingerprint density at radius 1 is 1.45 bits per heavy atom. The minimum atomic E-state index is -0.0591. The van der Waals surface area contributed by atoms with Crippen LogP contribution >= 0.6 is 0 Å². The zero-order valence-electron chi connectivity index (χ0n) is 11.9. The molecule has 0 aromatic heterocycles. The van der Waals surface area contributed by atoms with Crippen LogP contribution in [0.3, 0.4) is 0 Å². The highest BCUT2D eigenvalue weighted by Crippen LogP contribution is 2.18. The number of hydrogen-bond acceptors (Lipinski definition) is 4. The maximum absolute atomic E-state index is 12.0. The number of likely N-dealkylation sites (N-methyl/N-ethyl adjacent to an activating group) is 1. The normalized spacial score (nSPS) is 18.0. The Morgan fingerprint density at radius 2 is 2.20 bits per heavy atom. The number of carbonyl (C=O) groups is 1. The Hall–Kier alpha value is -1.59. The van der Waals surface area contributed by atoms with E-state index in [1.165, 1.54) is 0 Å². The minimum absolute atomic E-state index is 0.0398. The average Bonchev–Trinajstić information content (AvgIpc) is 3.00. The summed E-state index contributed by atoms with van der Waals surface area (Å²) in [5, 5.41) is 15.1. The van der Waals surface area contributed by atoms with Gasteiger partial charge >= 0.3 is 0 Å². The molecule has 1 fully saturated rings. The van der Waals surface area contributed by atoms with Crippen molar-refractivity contribution in [3.8, 4) is 0 Å². The van der Waals surface area contributed by atoms with Crippen LogP contribution < -0.4 is 15.5 Å². The molecule has 2 rings (SSSR count).